The van der Waals surface area contributed by atoms with E-state index < -0.39 is 0 Å². The van der Waals surface area contributed by atoms with Gasteiger partial charge in [0.25, 0.3) is 5.91 Å². The second-order valence-corrected chi connectivity index (χ2v) is 11.6. The third-order valence-corrected chi connectivity index (χ3v) is 8.76. The number of nitrogens with one attached hydrogen (secondary N) is 2. The van der Waals surface area contributed by atoms with Crippen LogP contribution in [0.1, 0.15) is 40.0 Å². The zero-order valence-corrected chi connectivity index (χ0v) is 23.3. The molecule has 1 amide bonds. The number of amides is 1. The minimum atomic E-state index is 0.0884. The highest BCUT2D eigenvalue weighted by atomic mass is 16.5. The van der Waals surface area contributed by atoms with Gasteiger partial charge >= 0.3 is 0 Å². The van der Waals surface area contributed by atoms with Crippen molar-refractivity contribution in [1.82, 2.24) is 25.3 Å². The molecule has 4 heterocycles. The summed E-state index contributed by atoms with van der Waals surface area (Å²) < 4.78 is 5.54. The Morgan fingerprint density at radius 3 is 2.61 bits per heavy atom. The average Bonchev–Trinajstić information content (AvgIpc) is 3.42. The number of fused-ring (bicyclic) bond motifs is 1. The van der Waals surface area contributed by atoms with Crippen LogP contribution in [0.15, 0.2) is 66.7 Å². The molecule has 3 aromatic carbocycles. The molecular formula is C34H35N5O2. The van der Waals surface area contributed by atoms with Crippen LogP contribution in [0.3, 0.4) is 0 Å². The van der Waals surface area contributed by atoms with Crippen molar-refractivity contribution in [1.29, 1.82) is 0 Å². The molecule has 0 radical (unpaired) electrons. The lowest BCUT2D eigenvalue weighted by Crippen LogP contribution is -2.63. The summed E-state index contributed by atoms with van der Waals surface area (Å²) >= 11 is 0. The molecule has 1 aromatic heterocycles. The minimum Gasteiger partial charge on any atom is -0.379 e. The van der Waals surface area contributed by atoms with Crippen molar-refractivity contribution < 1.29 is 9.53 Å². The number of aromatic nitrogens is 2. The van der Waals surface area contributed by atoms with Gasteiger partial charge in [0.2, 0.25) is 0 Å². The van der Waals surface area contributed by atoms with E-state index in [1.54, 1.807) is 0 Å². The number of benzene rings is 3. The van der Waals surface area contributed by atoms with Gasteiger partial charge in [-0.15, -0.1) is 0 Å². The molecule has 4 aromatic rings. The predicted molar refractivity (Wildman–Crippen MR) is 160 cm³/mol. The first-order chi connectivity index (χ1) is 20.2. The Bertz CT molecular complexity index is 1630. The Hall–Kier alpha value is -3.96. The highest BCUT2D eigenvalue weighted by Crippen LogP contribution is 2.37. The molecule has 3 saturated heterocycles. The first-order valence-electron chi connectivity index (χ1n) is 14.7. The van der Waals surface area contributed by atoms with Crippen molar-refractivity contribution >= 4 is 16.8 Å². The number of carbonyl (C=O) groups is 1. The number of aromatic amines is 1. The summed E-state index contributed by atoms with van der Waals surface area (Å²) in [5.41, 5.74) is 7.05. The topological polar surface area (TPSA) is 73.5 Å². The number of nitrogens with zero attached hydrogens (tertiary/aromatic N) is 3. The number of hydrogen-bond donors (Lipinski definition) is 2. The van der Waals surface area contributed by atoms with Crippen LogP contribution < -0.4 is 5.32 Å². The number of hydrogen-bond acceptors (Lipinski definition) is 5. The molecule has 3 aliphatic rings. The monoisotopic (exact) mass is 545 g/mol. The van der Waals surface area contributed by atoms with Crippen LogP contribution in [-0.4, -0.2) is 78.4 Å². The maximum atomic E-state index is 13.3. The van der Waals surface area contributed by atoms with E-state index in [0.29, 0.717) is 11.3 Å². The van der Waals surface area contributed by atoms with Crippen LogP contribution in [0.5, 0.6) is 0 Å². The number of rotatable bonds is 4. The second kappa shape index (κ2) is 11.1. The Morgan fingerprint density at radius 1 is 0.976 bits per heavy atom. The summed E-state index contributed by atoms with van der Waals surface area (Å²) in [4.78, 5) is 17.7. The Balaban J connectivity index is 1.15. The first-order valence-corrected chi connectivity index (χ1v) is 14.7. The van der Waals surface area contributed by atoms with Gasteiger partial charge in [-0.05, 0) is 66.3 Å². The number of H-pyrrole nitrogens is 1. The maximum absolute atomic E-state index is 13.3. The van der Waals surface area contributed by atoms with Gasteiger partial charge < -0.3 is 15.0 Å². The normalized spacial score (nSPS) is 18.6. The molecule has 0 saturated carbocycles. The summed E-state index contributed by atoms with van der Waals surface area (Å²) in [5, 5.41) is 12.0. The molecule has 41 heavy (non-hydrogen) atoms. The van der Waals surface area contributed by atoms with E-state index >= 15 is 0 Å². The molecule has 0 bridgehead atoms. The fourth-order valence-corrected chi connectivity index (χ4v) is 6.51. The van der Waals surface area contributed by atoms with Crippen LogP contribution in [0, 0.1) is 17.3 Å². The van der Waals surface area contributed by atoms with Gasteiger partial charge in [-0.1, -0.05) is 48.4 Å². The third-order valence-electron chi connectivity index (χ3n) is 8.76. The molecule has 7 rings (SSSR count). The zero-order valence-electron chi connectivity index (χ0n) is 23.3. The minimum absolute atomic E-state index is 0.0884. The zero-order chi connectivity index (χ0) is 27.6. The highest BCUT2D eigenvalue weighted by Gasteiger charge is 2.45. The molecule has 7 heteroatoms. The van der Waals surface area contributed by atoms with E-state index in [-0.39, 0.29) is 11.3 Å². The predicted octanol–water partition coefficient (Wildman–Crippen LogP) is 4.29. The number of piperidine rings is 1. The Labute approximate surface area is 240 Å². The van der Waals surface area contributed by atoms with Gasteiger partial charge in [0.05, 0.1) is 18.7 Å². The molecule has 3 fully saturated rings. The van der Waals surface area contributed by atoms with Crippen molar-refractivity contribution in [3.8, 4) is 23.0 Å². The molecule has 0 unspecified atom stereocenters. The second-order valence-electron chi connectivity index (χ2n) is 11.6. The number of morpholine rings is 1. The molecule has 208 valence electrons. The quantitative estimate of drug-likeness (QED) is 0.375. The van der Waals surface area contributed by atoms with Gasteiger partial charge in [-0.3, -0.25) is 14.8 Å². The summed E-state index contributed by atoms with van der Waals surface area (Å²) in [5.74, 6) is 6.80. The van der Waals surface area contributed by atoms with Gasteiger partial charge in [0.1, 0.15) is 5.69 Å². The first kappa shape index (κ1) is 26.0. The fraction of sp³-hybridized carbons (Fsp3) is 0.353. The molecule has 3 aliphatic heterocycles. The highest BCUT2D eigenvalue weighted by molar-refractivity contribution is 5.99. The van der Waals surface area contributed by atoms with Crippen LogP contribution in [0.4, 0.5) is 0 Å². The van der Waals surface area contributed by atoms with Gasteiger partial charge in [0, 0.05) is 61.2 Å². The maximum Gasteiger partial charge on any atom is 0.253 e. The van der Waals surface area contributed by atoms with Crippen LogP contribution >= 0.6 is 0 Å². The number of ether oxygens (including phenoxy) is 1. The smallest absolute Gasteiger partial charge is 0.253 e. The van der Waals surface area contributed by atoms with E-state index in [1.807, 2.05) is 29.2 Å². The van der Waals surface area contributed by atoms with E-state index in [2.05, 4.69) is 74.7 Å². The summed E-state index contributed by atoms with van der Waals surface area (Å²) in [6, 6.07) is 22.7. The van der Waals surface area contributed by atoms with E-state index in [9.17, 15) is 4.79 Å². The Kier molecular flexibility index (Phi) is 7.05. The molecule has 2 N–H and O–H groups in total. The number of likely N-dealkylation sites (tertiary alicyclic amines) is 1. The van der Waals surface area contributed by atoms with Crippen LogP contribution in [-0.2, 0) is 11.3 Å². The summed E-state index contributed by atoms with van der Waals surface area (Å²) in [6.07, 6.45) is 2.39. The largest absolute Gasteiger partial charge is 0.379 e. The molecule has 0 aliphatic carbocycles. The standard InChI is InChI=1S/C34H35N5O2/c40-33(39-23-34(24-39)14-5-15-35-22-34)26-11-13-32-30(20-26)31(36-37-32)12-10-25-6-1-3-8-28(25)29-9-4-2-7-27(29)21-38-16-18-41-19-17-38/h1-4,6-9,11,13,20,35H,5,14-19,21-24H2,(H,36,37). The molecule has 1 spiro atoms. The van der Waals surface area contributed by atoms with Crippen molar-refractivity contribution in [3.05, 3.63) is 89.1 Å². The van der Waals surface area contributed by atoms with Gasteiger partial charge in [-0.2, -0.15) is 5.10 Å². The third kappa shape index (κ3) is 5.27. The lowest BCUT2D eigenvalue weighted by Gasteiger charge is -2.52. The molecule has 7 nitrogen and oxygen atoms in total. The average molecular weight is 546 g/mol. The molecule has 0 atom stereocenters. The SMILES string of the molecule is O=C(c1ccc2[nH]nc(C#Cc3ccccc3-c3ccccc3CN3CCOCC3)c2c1)N1CC2(CCCNC2)C1. The van der Waals surface area contributed by atoms with E-state index in [0.717, 1.165) is 81.1 Å². The lowest BCUT2D eigenvalue weighted by molar-refractivity contribution is -0.00721. The van der Waals surface area contributed by atoms with E-state index in [4.69, 9.17) is 4.74 Å². The van der Waals surface area contributed by atoms with Crippen LogP contribution in [0.25, 0.3) is 22.0 Å². The van der Waals surface area contributed by atoms with Gasteiger partial charge in [0.15, 0.2) is 0 Å². The van der Waals surface area contributed by atoms with Crippen molar-refractivity contribution in [2.75, 3.05) is 52.5 Å². The fourth-order valence-electron chi connectivity index (χ4n) is 6.51. The summed E-state index contributed by atoms with van der Waals surface area (Å²) in [6.45, 7) is 8.11. The van der Waals surface area contributed by atoms with E-state index in [1.165, 1.54) is 24.0 Å². The molecular weight excluding hydrogens is 510 g/mol. The van der Waals surface area contributed by atoms with Crippen molar-refractivity contribution in [3.63, 3.8) is 0 Å². The Morgan fingerprint density at radius 2 is 1.78 bits per heavy atom. The number of carbonyl (C=O) groups excluding carboxylic acids is 1. The van der Waals surface area contributed by atoms with Gasteiger partial charge in [-0.25, -0.2) is 0 Å². The van der Waals surface area contributed by atoms with Crippen LogP contribution in [0.2, 0.25) is 0 Å². The van der Waals surface area contributed by atoms with Crippen molar-refractivity contribution in [2.24, 2.45) is 5.41 Å². The lowest BCUT2D eigenvalue weighted by atomic mass is 9.74. The van der Waals surface area contributed by atoms with Crippen molar-refractivity contribution in [2.45, 2.75) is 19.4 Å². The summed E-state index contributed by atoms with van der Waals surface area (Å²) in [7, 11) is 0.